The highest BCUT2D eigenvalue weighted by Gasteiger charge is 2.30. The average molecular weight is 437 g/mol. The highest BCUT2D eigenvalue weighted by atomic mass is 32.2. The molecule has 0 amide bonds. The number of aromatic hydroxyl groups is 1. The summed E-state index contributed by atoms with van der Waals surface area (Å²) < 4.78 is 65.6. The van der Waals surface area contributed by atoms with Crippen LogP contribution < -0.4 is 4.72 Å². The van der Waals surface area contributed by atoms with Gasteiger partial charge in [-0.2, -0.15) is 13.2 Å². The standard InChI is InChI=1S/C20H14F3NO5S/c21-20(22,23)14-6-4-12(5-7-14)13-2-1-3-16(10-13)30(28,29)24-15-8-9-17(19(26)27)18(25)11-15/h1-11,24-25H,(H,26,27). The molecule has 0 atom stereocenters. The number of phenols is 1. The van der Waals surface area contributed by atoms with Gasteiger partial charge in [0.1, 0.15) is 11.3 Å². The maximum Gasteiger partial charge on any atom is 0.416 e. The molecule has 0 saturated carbocycles. The number of benzene rings is 3. The maximum atomic E-state index is 12.7. The van der Waals surface area contributed by atoms with Crippen LogP contribution in [0.5, 0.6) is 5.75 Å². The molecule has 6 nitrogen and oxygen atoms in total. The molecule has 0 fully saturated rings. The zero-order valence-corrected chi connectivity index (χ0v) is 15.8. The third-order valence-corrected chi connectivity index (χ3v) is 5.55. The van der Waals surface area contributed by atoms with Gasteiger partial charge < -0.3 is 10.2 Å². The van der Waals surface area contributed by atoms with Crippen molar-refractivity contribution in [3.8, 4) is 16.9 Å². The van der Waals surface area contributed by atoms with Gasteiger partial charge in [0.25, 0.3) is 10.0 Å². The number of rotatable bonds is 5. The molecule has 10 heteroatoms. The number of alkyl halides is 3. The van der Waals surface area contributed by atoms with E-state index in [0.29, 0.717) is 11.1 Å². The van der Waals surface area contributed by atoms with Crippen LogP contribution in [0.15, 0.2) is 71.6 Å². The first-order valence-corrected chi connectivity index (χ1v) is 9.82. The Morgan fingerprint density at radius 3 is 2.13 bits per heavy atom. The Balaban J connectivity index is 1.89. The third kappa shape index (κ3) is 4.54. The van der Waals surface area contributed by atoms with Gasteiger partial charge in [-0.3, -0.25) is 4.72 Å². The quantitative estimate of drug-likeness (QED) is 0.542. The molecule has 156 valence electrons. The number of aromatic carboxylic acids is 1. The first-order valence-electron chi connectivity index (χ1n) is 8.34. The smallest absolute Gasteiger partial charge is 0.416 e. The van der Waals surface area contributed by atoms with Gasteiger partial charge >= 0.3 is 12.1 Å². The summed E-state index contributed by atoms with van der Waals surface area (Å²) in [6, 6.07) is 13.0. The topological polar surface area (TPSA) is 104 Å². The molecular weight excluding hydrogens is 423 g/mol. The van der Waals surface area contributed by atoms with Crippen molar-refractivity contribution in [3.05, 3.63) is 77.9 Å². The normalized spacial score (nSPS) is 11.8. The second kappa shape index (κ2) is 7.71. The first-order chi connectivity index (χ1) is 14.0. The summed E-state index contributed by atoms with van der Waals surface area (Å²) in [5, 5.41) is 18.6. The summed E-state index contributed by atoms with van der Waals surface area (Å²) in [6.45, 7) is 0. The van der Waals surface area contributed by atoms with Crippen LogP contribution in [-0.2, 0) is 16.2 Å². The lowest BCUT2D eigenvalue weighted by atomic mass is 10.0. The van der Waals surface area contributed by atoms with Crippen molar-refractivity contribution >= 4 is 21.7 Å². The molecular formula is C20H14F3NO5S. The number of carboxylic acids is 1. The zero-order valence-electron chi connectivity index (χ0n) is 15.0. The van der Waals surface area contributed by atoms with E-state index < -0.39 is 33.5 Å². The second-order valence-electron chi connectivity index (χ2n) is 6.25. The molecule has 0 saturated heterocycles. The Hall–Kier alpha value is -3.53. The number of carboxylic acid groups (broad SMARTS) is 1. The molecule has 0 unspecified atom stereocenters. The molecule has 0 radical (unpaired) electrons. The number of nitrogens with one attached hydrogen (secondary N) is 1. The molecule has 0 spiro atoms. The highest BCUT2D eigenvalue weighted by molar-refractivity contribution is 7.92. The van der Waals surface area contributed by atoms with E-state index >= 15 is 0 Å². The molecule has 0 aliphatic rings. The van der Waals surface area contributed by atoms with E-state index in [1.165, 1.54) is 36.4 Å². The highest BCUT2D eigenvalue weighted by Crippen LogP contribution is 2.32. The SMILES string of the molecule is O=C(O)c1ccc(NS(=O)(=O)c2cccc(-c3ccc(C(F)(F)F)cc3)c2)cc1O. The first kappa shape index (κ1) is 21.2. The van der Waals surface area contributed by atoms with Crippen LogP contribution in [-0.4, -0.2) is 24.6 Å². The van der Waals surface area contributed by atoms with Crippen LogP contribution in [0.2, 0.25) is 0 Å². The van der Waals surface area contributed by atoms with Crippen LogP contribution in [0.3, 0.4) is 0 Å². The summed E-state index contributed by atoms with van der Waals surface area (Å²) in [5.74, 6) is -1.98. The fraction of sp³-hybridized carbons (Fsp3) is 0.0500. The van der Waals surface area contributed by atoms with E-state index in [1.807, 2.05) is 0 Å². The molecule has 0 aromatic heterocycles. The molecule has 3 rings (SSSR count). The summed E-state index contributed by atoms with van der Waals surface area (Å²) >= 11 is 0. The van der Waals surface area contributed by atoms with Gasteiger partial charge in [0.2, 0.25) is 0 Å². The number of halogens is 3. The summed E-state index contributed by atoms with van der Waals surface area (Å²) in [7, 11) is -4.11. The van der Waals surface area contributed by atoms with E-state index in [-0.39, 0.29) is 16.1 Å². The number of sulfonamides is 1. The molecule has 3 aromatic rings. The minimum atomic E-state index is -4.48. The fourth-order valence-electron chi connectivity index (χ4n) is 2.68. The van der Waals surface area contributed by atoms with Crippen molar-refractivity contribution in [1.82, 2.24) is 0 Å². The largest absolute Gasteiger partial charge is 0.507 e. The van der Waals surface area contributed by atoms with Crippen LogP contribution in [0.25, 0.3) is 11.1 Å². The van der Waals surface area contributed by atoms with E-state index in [9.17, 15) is 31.5 Å². The zero-order chi connectivity index (χ0) is 22.1. The Morgan fingerprint density at radius 2 is 1.57 bits per heavy atom. The molecule has 0 heterocycles. The fourth-order valence-corrected chi connectivity index (χ4v) is 3.78. The minimum Gasteiger partial charge on any atom is -0.507 e. The van der Waals surface area contributed by atoms with Crippen LogP contribution in [0.1, 0.15) is 15.9 Å². The van der Waals surface area contributed by atoms with E-state index in [2.05, 4.69) is 4.72 Å². The summed E-state index contributed by atoms with van der Waals surface area (Å²) in [4.78, 5) is 10.8. The monoisotopic (exact) mass is 437 g/mol. The number of hydrogen-bond acceptors (Lipinski definition) is 4. The van der Waals surface area contributed by atoms with E-state index in [4.69, 9.17) is 5.11 Å². The summed E-state index contributed by atoms with van der Waals surface area (Å²) in [5.41, 5.74) is -0.486. The van der Waals surface area contributed by atoms with Gasteiger partial charge in [0, 0.05) is 6.07 Å². The van der Waals surface area contributed by atoms with E-state index in [1.54, 1.807) is 6.07 Å². The lowest BCUT2D eigenvalue weighted by molar-refractivity contribution is -0.137. The molecule has 3 aromatic carbocycles. The second-order valence-corrected chi connectivity index (χ2v) is 7.93. The van der Waals surface area contributed by atoms with Crippen LogP contribution in [0, 0.1) is 0 Å². The van der Waals surface area contributed by atoms with Gasteiger partial charge in [0.15, 0.2) is 0 Å². The molecule has 0 bridgehead atoms. The van der Waals surface area contributed by atoms with Crippen molar-refractivity contribution in [3.63, 3.8) is 0 Å². The molecule has 30 heavy (non-hydrogen) atoms. The number of carbonyl (C=O) groups is 1. The predicted molar refractivity (Wildman–Crippen MR) is 103 cm³/mol. The lowest BCUT2D eigenvalue weighted by Gasteiger charge is -2.11. The Labute approximate surface area is 169 Å². The van der Waals surface area contributed by atoms with Crippen LogP contribution >= 0.6 is 0 Å². The van der Waals surface area contributed by atoms with Gasteiger partial charge in [-0.25, -0.2) is 13.2 Å². The Morgan fingerprint density at radius 1 is 0.900 bits per heavy atom. The maximum absolute atomic E-state index is 12.7. The predicted octanol–water partition coefficient (Wildman–Crippen LogP) is 4.58. The third-order valence-electron chi connectivity index (χ3n) is 4.17. The molecule has 0 aliphatic carbocycles. The van der Waals surface area contributed by atoms with Crippen LogP contribution in [0.4, 0.5) is 18.9 Å². The number of anilines is 1. The van der Waals surface area contributed by atoms with Crippen molar-refractivity contribution in [1.29, 1.82) is 0 Å². The van der Waals surface area contributed by atoms with Crippen molar-refractivity contribution in [2.24, 2.45) is 0 Å². The van der Waals surface area contributed by atoms with Gasteiger partial charge in [0.05, 0.1) is 16.1 Å². The Kier molecular flexibility index (Phi) is 5.45. The summed E-state index contributed by atoms with van der Waals surface area (Å²) in [6.07, 6.45) is -4.48. The van der Waals surface area contributed by atoms with Crippen molar-refractivity contribution < 1.29 is 36.6 Å². The molecule has 0 aliphatic heterocycles. The Bertz CT molecular complexity index is 1210. The number of hydrogen-bond donors (Lipinski definition) is 3. The van der Waals surface area contributed by atoms with Gasteiger partial charge in [-0.15, -0.1) is 0 Å². The minimum absolute atomic E-state index is 0.0579. The average Bonchev–Trinajstić information content (AvgIpc) is 2.67. The van der Waals surface area contributed by atoms with Gasteiger partial charge in [-0.05, 0) is 47.5 Å². The van der Waals surface area contributed by atoms with Crippen molar-refractivity contribution in [2.45, 2.75) is 11.1 Å². The van der Waals surface area contributed by atoms with Gasteiger partial charge in [-0.1, -0.05) is 24.3 Å². The lowest BCUT2D eigenvalue weighted by Crippen LogP contribution is -2.13. The molecule has 3 N–H and O–H groups in total. The van der Waals surface area contributed by atoms with Crippen molar-refractivity contribution in [2.75, 3.05) is 4.72 Å². The van der Waals surface area contributed by atoms with E-state index in [0.717, 1.165) is 24.3 Å².